The van der Waals surface area contributed by atoms with E-state index in [2.05, 4.69) is 0 Å². The molecule has 0 atom stereocenters. The van der Waals surface area contributed by atoms with Crippen LogP contribution in [0.1, 0.15) is 35.7 Å². The molecule has 86 valence electrons. The topological polar surface area (TPSA) is 69.4 Å². The molecule has 0 aromatic heterocycles. The first-order valence-electron chi connectivity index (χ1n) is 4.99. The minimum absolute atomic E-state index is 0.223. The predicted octanol–water partition coefficient (Wildman–Crippen LogP) is 1.49. The quantitative estimate of drug-likeness (QED) is 0.618. The first-order valence-corrected chi connectivity index (χ1v) is 4.99. The predicted molar refractivity (Wildman–Crippen MR) is 60.6 cm³/mol. The molecule has 0 fully saturated rings. The third kappa shape index (κ3) is 2.39. The largest absolute Gasteiger partial charge is 0.496 e. The zero-order valence-electron chi connectivity index (χ0n) is 9.61. The minimum Gasteiger partial charge on any atom is -0.496 e. The Morgan fingerprint density at radius 2 is 1.94 bits per heavy atom. The minimum atomic E-state index is -0.973. The van der Waals surface area contributed by atoms with Gasteiger partial charge in [-0.15, -0.1) is 0 Å². The molecule has 4 nitrogen and oxygen atoms in total. The summed E-state index contributed by atoms with van der Waals surface area (Å²) in [6, 6.07) is 5.18. The average Bonchev–Trinajstić information content (AvgIpc) is 2.26. The van der Waals surface area contributed by atoms with Gasteiger partial charge in [0.05, 0.1) is 12.7 Å². The molecule has 0 heterocycles. The molecule has 1 aromatic rings. The van der Waals surface area contributed by atoms with Crippen molar-refractivity contribution < 1.29 is 14.3 Å². The van der Waals surface area contributed by atoms with Gasteiger partial charge in [-0.05, 0) is 23.6 Å². The van der Waals surface area contributed by atoms with Crippen LogP contribution in [0.15, 0.2) is 18.2 Å². The van der Waals surface area contributed by atoms with Crippen LogP contribution in [-0.4, -0.2) is 18.8 Å². The van der Waals surface area contributed by atoms with E-state index >= 15 is 0 Å². The molecular formula is C12H15NO3. The number of rotatable bonds is 4. The SMILES string of the molecule is COc1ccc(C(C)C)cc1C(=O)C(N)=O. The monoisotopic (exact) mass is 221 g/mol. The Morgan fingerprint density at radius 3 is 2.38 bits per heavy atom. The number of primary amides is 1. The normalized spacial score (nSPS) is 10.2. The zero-order chi connectivity index (χ0) is 12.3. The van der Waals surface area contributed by atoms with Crippen molar-refractivity contribution in [3.05, 3.63) is 29.3 Å². The van der Waals surface area contributed by atoms with Gasteiger partial charge in [-0.1, -0.05) is 19.9 Å². The standard InChI is InChI=1S/C12H15NO3/c1-7(2)8-4-5-10(16-3)9(6-8)11(14)12(13)15/h4-7H,1-3H3,(H2,13,15). The van der Waals surface area contributed by atoms with Crippen LogP contribution in [0.5, 0.6) is 5.75 Å². The van der Waals surface area contributed by atoms with Crippen LogP contribution >= 0.6 is 0 Å². The number of Topliss-reactive ketones (excluding diaryl/α,β-unsaturated/α-hetero) is 1. The van der Waals surface area contributed by atoms with Crippen LogP contribution in [0.4, 0.5) is 0 Å². The molecule has 2 N–H and O–H groups in total. The highest BCUT2D eigenvalue weighted by Gasteiger charge is 2.18. The number of methoxy groups -OCH3 is 1. The van der Waals surface area contributed by atoms with Crippen molar-refractivity contribution in [1.82, 2.24) is 0 Å². The van der Waals surface area contributed by atoms with Crippen LogP contribution in [0, 0.1) is 0 Å². The maximum Gasteiger partial charge on any atom is 0.289 e. The van der Waals surface area contributed by atoms with E-state index in [1.54, 1.807) is 12.1 Å². The van der Waals surface area contributed by atoms with E-state index < -0.39 is 11.7 Å². The molecule has 0 aliphatic rings. The number of benzene rings is 1. The van der Waals surface area contributed by atoms with Crippen molar-refractivity contribution in [3.63, 3.8) is 0 Å². The lowest BCUT2D eigenvalue weighted by atomic mass is 9.98. The Balaban J connectivity index is 3.27. The number of carbonyl (C=O) groups is 2. The Labute approximate surface area is 94.4 Å². The van der Waals surface area contributed by atoms with Gasteiger partial charge in [-0.2, -0.15) is 0 Å². The second-order valence-corrected chi connectivity index (χ2v) is 3.81. The highest BCUT2D eigenvalue weighted by atomic mass is 16.5. The second kappa shape index (κ2) is 4.79. The molecule has 0 bridgehead atoms. The van der Waals surface area contributed by atoms with E-state index in [0.29, 0.717) is 5.75 Å². The van der Waals surface area contributed by atoms with Gasteiger partial charge in [-0.3, -0.25) is 9.59 Å². The highest BCUT2D eigenvalue weighted by molar-refractivity contribution is 6.43. The van der Waals surface area contributed by atoms with Gasteiger partial charge in [0.15, 0.2) is 0 Å². The average molecular weight is 221 g/mol. The molecule has 1 rings (SSSR count). The van der Waals surface area contributed by atoms with Crippen molar-refractivity contribution in [3.8, 4) is 5.75 Å². The first-order chi connectivity index (χ1) is 7.47. The lowest BCUT2D eigenvalue weighted by molar-refractivity contribution is -0.114. The lowest BCUT2D eigenvalue weighted by Crippen LogP contribution is -2.23. The molecule has 0 unspecified atom stereocenters. The Kier molecular flexibility index (Phi) is 3.66. The third-order valence-corrected chi connectivity index (χ3v) is 2.36. The van der Waals surface area contributed by atoms with Crippen molar-refractivity contribution in [2.24, 2.45) is 5.73 Å². The van der Waals surface area contributed by atoms with Crippen LogP contribution in [-0.2, 0) is 4.79 Å². The molecule has 0 saturated heterocycles. The van der Waals surface area contributed by atoms with E-state index in [-0.39, 0.29) is 11.5 Å². The molecule has 0 aliphatic carbocycles. The number of ether oxygens (including phenoxy) is 1. The summed E-state index contributed by atoms with van der Waals surface area (Å²) in [5.41, 5.74) is 6.16. The molecule has 1 aromatic carbocycles. The fourth-order valence-electron chi connectivity index (χ4n) is 1.39. The van der Waals surface area contributed by atoms with Gasteiger partial charge in [-0.25, -0.2) is 0 Å². The van der Waals surface area contributed by atoms with Crippen molar-refractivity contribution in [2.45, 2.75) is 19.8 Å². The molecular weight excluding hydrogens is 206 g/mol. The molecule has 0 spiro atoms. The summed E-state index contributed by atoms with van der Waals surface area (Å²) < 4.78 is 5.02. The van der Waals surface area contributed by atoms with Gasteiger partial charge < -0.3 is 10.5 Å². The molecule has 0 aliphatic heterocycles. The van der Waals surface area contributed by atoms with Crippen LogP contribution < -0.4 is 10.5 Å². The lowest BCUT2D eigenvalue weighted by Gasteiger charge is -2.10. The summed E-state index contributed by atoms with van der Waals surface area (Å²) in [6.45, 7) is 4.00. The van der Waals surface area contributed by atoms with Gasteiger partial charge in [0.2, 0.25) is 0 Å². The summed E-state index contributed by atoms with van der Waals surface area (Å²) in [7, 11) is 1.45. The highest BCUT2D eigenvalue weighted by Crippen LogP contribution is 2.24. The van der Waals surface area contributed by atoms with Crippen LogP contribution in [0.3, 0.4) is 0 Å². The summed E-state index contributed by atoms with van der Waals surface area (Å²) >= 11 is 0. The maximum absolute atomic E-state index is 11.5. The summed E-state index contributed by atoms with van der Waals surface area (Å²) in [5.74, 6) is -1.06. The van der Waals surface area contributed by atoms with Crippen molar-refractivity contribution in [1.29, 1.82) is 0 Å². The van der Waals surface area contributed by atoms with Gasteiger partial charge in [0.1, 0.15) is 5.75 Å². The molecule has 0 saturated carbocycles. The number of hydrogen-bond acceptors (Lipinski definition) is 3. The number of nitrogens with two attached hydrogens (primary N) is 1. The molecule has 4 heteroatoms. The summed E-state index contributed by atoms with van der Waals surface area (Å²) in [6.07, 6.45) is 0. The van der Waals surface area contributed by atoms with Gasteiger partial charge in [0.25, 0.3) is 11.7 Å². The number of carbonyl (C=O) groups excluding carboxylic acids is 2. The van der Waals surface area contributed by atoms with E-state index in [1.807, 2.05) is 19.9 Å². The van der Waals surface area contributed by atoms with Gasteiger partial charge >= 0.3 is 0 Å². The second-order valence-electron chi connectivity index (χ2n) is 3.81. The van der Waals surface area contributed by atoms with E-state index in [9.17, 15) is 9.59 Å². The third-order valence-electron chi connectivity index (χ3n) is 2.36. The number of amides is 1. The first kappa shape index (κ1) is 12.2. The summed E-state index contributed by atoms with van der Waals surface area (Å²) in [4.78, 5) is 22.4. The maximum atomic E-state index is 11.5. The van der Waals surface area contributed by atoms with E-state index in [4.69, 9.17) is 10.5 Å². The van der Waals surface area contributed by atoms with E-state index in [1.165, 1.54) is 7.11 Å². The van der Waals surface area contributed by atoms with Crippen molar-refractivity contribution >= 4 is 11.7 Å². The fraction of sp³-hybridized carbons (Fsp3) is 0.333. The summed E-state index contributed by atoms with van der Waals surface area (Å²) in [5, 5.41) is 0. The number of hydrogen-bond donors (Lipinski definition) is 1. The Hall–Kier alpha value is -1.84. The van der Waals surface area contributed by atoms with Crippen LogP contribution in [0.25, 0.3) is 0 Å². The molecule has 1 amide bonds. The smallest absolute Gasteiger partial charge is 0.289 e. The molecule has 0 radical (unpaired) electrons. The van der Waals surface area contributed by atoms with Gasteiger partial charge in [0, 0.05) is 0 Å². The Morgan fingerprint density at radius 1 is 1.31 bits per heavy atom. The Bertz CT molecular complexity index is 424. The fourth-order valence-corrected chi connectivity index (χ4v) is 1.39. The molecule has 16 heavy (non-hydrogen) atoms. The van der Waals surface area contributed by atoms with E-state index in [0.717, 1.165) is 5.56 Å². The zero-order valence-corrected chi connectivity index (χ0v) is 9.61. The number of ketones is 1. The van der Waals surface area contributed by atoms with Crippen LogP contribution in [0.2, 0.25) is 0 Å². The van der Waals surface area contributed by atoms with Crippen molar-refractivity contribution in [2.75, 3.05) is 7.11 Å².